The van der Waals surface area contributed by atoms with Crippen molar-refractivity contribution in [1.82, 2.24) is 34.9 Å². The van der Waals surface area contributed by atoms with Gasteiger partial charge in [-0.15, -0.1) is 0 Å². The number of carbonyl (C=O) groups excluding carboxylic acids is 4. The van der Waals surface area contributed by atoms with Crippen LogP contribution < -0.4 is 20.1 Å². The molecule has 1 saturated heterocycles. The highest BCUT2D eigenvalue weighted by atomic mass is 32.2. The van der Waals surface area contributed by atoms with E-state index in [1.807, 2.05) is 42.5 Å². The number of rotatable bonds is 7. The zero-order chi connectivity index (χ0) is 38.7. The fourth-order valence-electron chi connectivity index (χ4n) is 7.76. The molecule has 3 N–H and O–H groups in total. The van der Waals surface area contributed by atoms with Crippen LogP contribution in [0.15, 0.2) is 42.5 Å². The SMILES string of the molecule is CC(C)(C)OC(=O)N[C@H]1CCCCC/C=C\[C@@H]2C[C@@]2(C(=O)NS(=O)(=O)C2CC2)NC(=O)[C@@H]2C[C@@H](Oc3cc(C4CC4)nc4c5ccccc5nn34)CN2C1=O. The molecular formula is C39H49N7O8S. The van der Waals surface area contributed by atoms with Crippen molar-refractivity contribution >= 4 is 50.4 Å². The van der Waals surface area contributed by atoms with Gasteiger partial charge in [0.2, 0.25) is 27.7 Å². The van der Waals surface area contributed by atoms with E-state index in [0.29, 0.717) is 49.5 Å². The predicted octanol–water partition coefficient (Wildman–Crippen LogP) is 4.01. The minimum absolute atomic E-state index is 0.00533. The van der Waals surface area contributed by atoms with Crippen molar-refractivity contribution in [2.75, 3.05) is 6.54 Å². The summed E-state index contributed by atoms with van der Waals surface area (Å²) in [6.45, 7) is 5.22. The molecule has 5 aliphatic rings. The lowest BCUT2D eigenvalue weighted by Crippen LogP contribution is -2.58. The highest BCUT2D eigenvalue weighted by Crippen LogP contribution is 2.46. The first-order chi connectivity index (χ1) is 26.2. The van der Waals surface area contributed by atoms with Gasteiger partial charge in [-0.05, 0) is 84.3 Å². The molecule has 2 aliphatic heterocycles. The maximum Gasteiger partial charge on any atom is 0.408 e. The van der Waals surface area contributed by atoms with Crippen LogP contribution in [0.5, 0.6) is 5.88 Å². The van der Waals surface area contributed by atoms with Crippen molar-refractivity contribution in [2.45, 2.75) is 132 Å². The molecule has 4 fully saturated rings. The number of nitrogens with one attached hydrogen (secondary N) is 3. The quantitative estimate of drug-likeness (QED) is 0.296. The number of aromatic nitrogens is 3. The van der Waals surface area contributed by atoms with Gasteiger partial charge >= 0.3 is 6.09 Å². The summed E-state index contributed by atoms with van der Waals surface area (Å²) < 4.78 is 41.8. The fraction of sp³-hybridized carbons (Fsp3) is 0.590. The molecular weight excluding hydrogens is 727 g/mol. The monoisotopic (exact) mass is 775 g/mol. The summed E-state index contributed by atoms with van der Waals surface area (Å²) in [4.78, 5) is 62.2. The van der Waals surface area contributed by atoms with Crippen LogP contribution in [0.25, 0.3) is 16.6 Å². The number of hydrogen-bond donors (Lipinski definition) is 3. The molecule has 0 unspecified atom stereocenters. The van der Waals surface area contributed by atoms with Gasteiger partial charge < -0.3 is 25.0 Å². The Balaban J connectivity index is 1.12. The third-order valence-electron chi connectivity index (χ3n) is 11.1. The third kappa shape index (κ3) is 7.87. The standard InChI is InChI=1S/C39H49N7O8S/c1-38(2,3)54-37(50)41-29-14-8-6-4-5-7-11-24-21-39(24,36(49)44-55(51,52)26-17-18-26)42-34(47)31-19-25(22-45(31)35(29)48)53-32-20-30(23-15-16-23)40-33-27-12-9-10-13-28(27)43-46(32)33/h7,9-13,20,23-26,29,31H,4-6,8,14-19,21-22H2,1-3H3,(H,41,50)(H,42,47)(H,44,49)/b11-7-/t24-,25-,29+,31+,39-/m1/s1. The summed E-state index contributed by atoms with van der Waals surface area (Å²) in [5, 5.41) is 10.7. The first-order valence-electron chi connectivity index (χ1n) is 19.5. The summed E-state index contributed by atoms with van der Waals surface area (Å²) in [5.74, 6) is -1.55. The lowest BCUT2D eigenvalue weighted by molar-refractivity contribution is -0.141. The van der Waals surface area contributed by atoms with Gasteiger partial charge in [-0.3, -0.25) is 19.1 Å². The number of alkyl carbamates (subject to hydrolysis) is 1. The molecule has 0 bridgehead atoms. The van der Waals surface area contributed by atoms with Gasteiger partial charge in [0.05, 0.1) is 23.0 Å². The Labute approximate surface area is 320 Å². The van der Waals surface area contributed by atoms with E-state index in [4.69, 9.17) is 19.6 Å². The molecule has 3 saturated carbocycles. The molecule has 4 amide bonds. The van der Waals surface area contributed by atoms with Crippen LogP contribution >= 0.6 is 0 Å². The number of benzene rings is 1. The third-order valence-corrected chi connectivity index (χ3v) is 12.9. The molecule has 294 valence electrons. The Morgan fingerprint density at radius 2 is 1.82 bits per heavy atom. The maximum absolute atomic E-state index is 14.6. The van der Waals surface area contributed by atoms with Crippen LogP contribution in [-0.2, 0) is 29.1 Å². The average molecular weight is 776 g/mol. The molecule has 2 aromatic heterocycles. The molecule has 8 rings (SSSR count). The number of sulfonamides is 1. The largest absolute Gasteiger partial charge is 0.472 e. The van der Waals surface area contributed by atoms with Gasteiger partial charge in [0.25, 0.3) is 5.91 Å². The van der Waals surface area contributed by atoms with Crippen molar-refractivity contribution in [1.29, 1.82) is 0 Å². The molecule has 55 heavy (non-hydrogen) atoms. The first kappa shape index (κ1) is 37.2. The Bertz CT molecular complexity index is 2170. The molecule has 0 radical (unpaired) electrons. The Morgan fingerprint density at radius 3 is 2.56 bits per heavy atom. The van der Waals surface area contributed by atoms with Crippen molar-refractivity contribution < 1.29 is 37.1 Å². The molecule has 15 nitrogen and oxygen atoms in total. The van der Waals surface area contributed by atoms with Crippen LogP contribution in [0.2, 0.25) is 0 Å². The summed E-state index contributed by atoms with van der Waals surface area (Å²) in [6, 6.07) is 7.48. The van der Waals surface area contributed by atoms with Crippen LogP contribution in [0.3, 0.4) is 0 Å². The lowest BCUT2D eigenvalue weighted by atomic mass is 10.0. The van der Waals surface area contributed by atoms with Crippen LogP contribution in [0.4, 0.5) is 4.79 Å². The van der Waals surface area contributed by atoms with Crippen molar-refractivity contribution in [2.24, 2.45) is 5.92 Å². The average Bonchev–Trinajstić information content (AvgIpc) is 4.04. The van der Waals surface area contributed by atoms with E-state index in [0.717, 1.165) is 42.3 Å². The number of fused-ring (bicyclic) bond motifs is 5. The molecule has 3 aromatic rings. The summed E-state index contributed by atoms with van der Waals surface area (Å²) in [6.07, 6.45) is 8.90. The van der Waals surface area contributed by atoms with E-state index in [9.17, 15) is 27.6 Å². The van der Waals surface area contributed by atoms with Gasteiger partial charge in [0, 0.05) is 29.7 Å². The van der Waals surface area contributed by atoms with Gasteiger partial charge in [-0.1, -0.05) is 37.1 Å². The van der Waals surface area contributed by atoms with Crippen LogP contribution in [-0.4, -0.2) is 92.9 Å². The van der Waals surface area contributed by atoms with Crippen molar-refractivity contribution in [3.8, 4) is 5.88 Å². The summed E-state index contributed by atoms with van der Waals surface area (Å²) in [5.41, 5.74) is -0.0107. The number of ether oxygens (including phenoxy) is 2. The van der Waals surface area contributed by atoms with Gasteiger partial charge in [0.1, 0.15) is 29.3 Å². The Kier molecular flexibility index (Phi) is 9.53. The lowest BCUT2D eigenvalue weighted by Gasteiger charge is -2.30. The molecule has 1 aromatic carbocycles. The molecule has 4 heterocycles. The molecule has 16 heteroatoms. The van der Waals surface area contributed by atoms with Crippen molar-refractivity contribution in [3.05, 3.63) is 48.2 Å². The smallest absolute Gasteiger partial charge is 0.408 e. The number of hydrogen-bond acceptors (Lipinski definition) is 10. The second-order valence-electron chi connectivity index (χ2n) is 16.7. The van der Waals surface area contributed by atoms with Crippen LogP contribution in [0, 0.1) is 5.92 Å². The van der Waals surface area contributed by atoms with Gasteiger partial charge in [-0.2, -0.15) is 9.61 Å². The second kappa shape index (κ2) is 14.1. The first-order valence-corrected chi connectivity index (χ1v) is 21.1. The second-order valence-corrected chi connectivity index (χ2v) is 18.7. The number of carbonyl (C=O) groups is 4. The molecule has 0 spiro atoms. The summed E-state index contributed by atoms with van der Waals surface area (Å²) in [7, 11) is -3.89. The minimum atomic E-state index is -3.89. The van der Waals surface area contributed by atoms with Crippen molar-refractivity contribution in [3.63, 3.8) is 0 Å². The summed E-state index contributed by atoms with van der Waals surface area (Å²) >= 11 is 0. The maximum atomic E-state index is 14.6. The highest BCUT2D eigenvalue weighted by molar-refractivity contribution is 7.91. The van der Waals surface area contributed by atoms with E-state index in [2.05, 4.69) is 15.4 Å². The Morgan fingerprint density at radius 1 is 1.04 bits per heavy atom. The van der Waals surface area contributed by atoms with Gasteiger partial charge in [0.15, 0.2) is 5.65 Å². The van der Waals surface area contributed by atoms with E-state index in [1.165, 1.54) is 4.90 Å². The van der Waals surface area contributed by atoms with E-state index in [1.54, 1.807) is 25.3 Å². The number of allylic oxidation sites excluding steroid dienone is 1. The predicted molar refractivity (Wildman–Crippen MR) is 201 cm³/mol. The minimum Gasteiger partial charge on any atom is -0.472 e. The topological polar surface area (TPSA) is 190 Å². The fourth-order valence-corrected chi connectivity index (χ4v) is 9.13. The van der Waals surface area contributed by atoms with E-state index < -0.39 is 74.3 Å². The number of nitrogens with zero attached hydrogens (tertiary/aromatic N) is 4. The molecule has 5 atom stereocenters. The van der Waals surface area contributed by atoms with Crippen LogP contribution in [0.1, 0.15) is 103 Å². The normalized spacial score (nSPS) is 28.3. The molecule has 3 aliphatic carbocycles. The van der Waals surface area contributed by atoms with E-state index in [-0.39, 0.29) is 19.4 Å². The highest BCUT2D eigenvalue weighted by Gasteiger charge is 2.62. The zero-order valence-electron chi connectivity index (χ0n) is 31.5. The van der Waals surface area contributed by atoms with Gasteiger partial charge in [-0.25, -0.2) is 18.2 Å². The Hall–Kier alpha value is -4.73. The number of amides is 4. The van der Waals surface area contributed by atoms with E-state index >= 15 is 0 Å². The zero-order valence-corrected chi connectivity index (χ0v) is 32.3.